The summed E-state index contributed by atoms with van der Waals surface area (Å²) in [4.78, 5) is 20.1. The summed E-state index contributed by atoms with van der Waals surface area (Å²) in [5.41, 5.74) is 0. The van der Waals surface area contributed by atoms with Crippen molar-refractivity contribution in [3.05, 3.63) is 40.5 Å². The average molecular weight is 1750 g/mol. The van der Waals surface area contributed by atoms with E-state index in [0.29, 0.717) is 33.0 Å². The van der Waals surface area contributed by atoms with E-state index in [0.717, 1.165) is 13.1 Å². The van der Waals surface area contributed by atoms with Crippen molar-refractivity contribution in [1.82, 2.24) is 4.90 Å². The van der Waals surface area contributed by atoms with Crippen molar-refractivity contribution in [2.75, 3.05) is 52.7 Å². The molecule has 0 aliphatic rings. The molecule has 0 radical (unpaired) electrons. The third-order valence-corrected chi connectivity index (χ3v) is 9.06. The Bertz CT molecular complexity index is 551. The summed E-state index contributed by atoms with van der Waals surface area (Å²) in [5.74, 6) is 0. The van der Waals surface area contributed by atoms with Crippen LogP contribution in [0.1, 0.15) is 220 Å². The van der Waals surface area contributed by atoms with E-state index in [1.54, 1.807) is 12.6 Å². The van der Waals surface area contributed by atoms with E-state index in [9.17, 15) is 0 Å². The molecule has 0 aromatic heterocycles. The van der Waals surface area contributed by atoms with Crippen LogP contribution in [0.5, 0.6) is 0 Å². The van der Waals surface area contributed by atoms with Gasteiger partial charge < -0.3 is 64.7 Å². The fourth-order valence-corrected chi connectivity index (χ4v) is 5.63. The van der Waals surface area contributed by atoms with Gasteiger partial charge in [0.2, 0.25) is 0 Å². The number of hydrogen-bond acceptors (Lipinski definition) is 6. The number of aliphatic hydroxyl groups is 1. The number of unbranched alkanes of at least 4 members (excludes halogenated alkanes) is 28. The van der Waals surface area contributed by atoms with Crippen LogP contribution in [0.15, 0.2) is 0 Å². The van der Waals surface area contributed by atoms with Gasteiger partial charge in [-0.3, -0.25) is 30.3 Å². The third kappa shape index (κ3) is 104. The summed E-state index contributed by atoms with van der Waals surface area (Å²) < 4.78 is 10.3. The Kier molecular flexibility index (Phi) is 129. The van der Waals surface area contributed by atoms with E-state index < -0.39 is 0 Å². The van der Waals surface area contributed by atoms with E-state index in [4.69, 9.17) is 24.2 Å². The third-order valence-electron chi connectivity index (χ3n) is 9.06. The minimum atomic E-state index is 0. The standard InChI is InChI=1S/2C17H35.C10H21NO3.2C3H4O.4U/c2*1-3-5-7-9-11-13-15-17-16-14-12-10-8-6-4-2;1-3-13-9-6-11(5-8-12)7-10-14-4-2;2*1-2-3-4;;;;/h2*17H,3-16H2,1-2H3;12H,1-10H2;2*1-2H2;;;;/q2*-1;3*-2;4*+2. The Morgan fingerprint density at radius 2 is 0.667 bits per heavy atom. The Morgan fingerprint density at radius 3 is 0.867 bits per heavy atom. The molecule has 6 nitrogen and oxygen atoms in total. The van der Waals surface area contributed by atoms with Gasteiger partial charge in [-0.25, -0.2) is 0 Å². The summed E-state index contributed by atoms with van der Waals surface area (Å²) in [7, 11) is 0. The average Bonchev–Trinajstić information content (AvgIpc) is 3.22. The van der Waals surface area contributed by atoms with Crippen molar-refractivity contribution < 1.29 is 149 Å². The molecule has 10 heteroatoms. The molecular formula is C50H99NO5U4. The number of aliphatic hydroxyl groups excluding tert-OH is 1. The van der Waals surface area contributed by atoms with Crippen LogP contribution in [0, 0.1) is 165 Å². The van der Waals surface area contributed by atoms with E-state index in [2.05, 4.69) is 73.1 Å². The molecule has 0 aromatic carbocycles. The second kappa shape index (κ2) is 92.6. The molecule has 0 aliphatic heterocycles. The van der Waals surface area contributed by atoms with Crippen molar-refractivity contribution in [3.63, 3.8) is 0 Å². The maximum atomic E-state index is 8.99. The molecule has 0 saturated heterocycles. The molecule has 0 atom stereocenters. The van der Waals surface area contributed by atoms with Crippen molar-refractivity contribution in [1.29, 1.82) is 0 Å². The fourth-order valence-electron chi connectivity index (χ4n) is 5.63. The van der Waals surface area contributed by atoms with Crippen LogP contribution in [0.4, 0.5) is 0 Å². The molecule has 0 rings (SSSR count). The van der Waals surface area contributed by atoms with E-state index in [1.807, 2.05) is 0 Å². The second-order valence-electron chi connectivity index (χ2n) is 14.4. The van der Waals surface area contributed by atoms with Crippen molar-refractivity contribution >= 4 is 12.6 Å². The van der Waals surface area contributed by atoms with Gasteiger partial charge in [-0.2, -0.15) is 25.7 Å². The van der Waals surface area contributed by atoms with Crippen LogP contribution >= 0.6 is 0 Å². The topological polar surface area (TPSA) is 76.1 Å². The minimum Gasteiger partial charge on any atom is -0.544 e. The van der Waals surface area contributed by atoms with E-state index in [1.165, 1.54) is 180 Å². The van der Waals surface area contributed by atoms with Crippen LogP contribution < -0.4 is 0 Å². The predicted molar refractivity (Wildman–Crippen MR) is 248 cm³/mol. The van der Waals surface area contributed by atoms with Gasteiger partial charge in [-0.15, -0.1) is 0 Å². The van der Waals surface area contributed by atoms with Crippen molar-refractivity contribution in [3.8, 4) is 0 Å². The number of hydrogen-bond donors (Lipinski definition) is 1. The monoisotopic (exact) mass is 1750 g/mol. The quantitative estimate of drug-likeness (QED) is 0.0487. The summed E-state index contributed by atoms with van der Waals surface area (Å²) in [6, 6.07) is 0. The summed E-state index contributed by atoms with van der Waals surface area (Å²) in [6.45, 7) is 27.4. The van der Waals surface area contributed by atoms with Gasteiger partial charge in [-0.1, -0.05) is 195 Å². The second-order valence-corrected chi connectivity index (χ2v) is 14.4. The summed E-state index contributed by atoms with van der Waals surface area (Å²) in [6.07, 6.45) is 48.5. The van der Waals surface area contributed by atoms with Crippen LogP contribution in [-0.4, -0.2) is 75.2 Å². The number of carbonyl (C=O) groups excluding carboxylic acids is 2. The number of rotatable bonds is 40. The van der Waals surface area contributed by atoms with Crippen LogP contribution in [0.25, 0.3) is 0 Å². The molecule has 60 heavy (non-hydrogen) atoms. The molecule has 0 heterocycles. The van der Waals surface area contributed by atoms with E-state index >= 15 is 0 Å². The summed E-state index contributed by atoms with van der Waals surface area (Å²) >= 11 is 0. The zero-order valence-electron chi connectivity index (χ0n) is 40.4. The van der Waals surface area contributed by atoms with Gasteiger partial charge in [0.25, 0.3) is 0 Å². The first kappa shape index (κ1) is 83.4. The first-order chi connectivity index (χ1) is 27.5. The van der Waals surface area contributed by atoms with Crippen LogP contribution in [0.3, 0.4) is 0 Å². The molecular weight excluding hydrogens is 1650 g/mol. The first-order valence-electron chi connectivity index (χ1n) is 23.5. The molecule has 0 spiro atoms. The SMILES string of the molecule is CCCCCCCC[CH-]CCCCCCCC.CCCCCCCC[CH-]CCCCCCCC.[CH2-]COCCN(CCO)CCOC[CH2-].[CH2-]C[C-]=O.[CH2-]C[C-]=O.[U+2].[U+2].[U+2].[U+2]. The van der Waals surface area contributed by atoms with Crippen LogP contribution in [-0.2, 0) is 19.1 Å². The van der Waals surface area contributed by atoms with Crippen LogP contribution in [0.2, 0.25) is 0 Å². The number of nitrogens with zero attached hydrogens (tertiary/aromatic N) is 1. The Labute approximate surface area is 473 Å². The van der Waals surface area contributed by atoms with Gasteiger partial charge in [0.05, 0.1) is 19.8 Å². The molecule has 0 fully saturated rings. The maximum absolute atomic E-state index is 8.99. The minimum absolute atomic E-state index is 0. The smallest absolute Gasteiger partial charge is 0.544 e. The Hall–Kier alpha value is 3.39. The zero-order chi connectivity index (χ0) is 42.7. The fraction of sp³-hybridized carbons (Fsp3) is 0.840. The molecule has 0 amide bonds. The van der Waals surface area contributed by atoms with Gasteiger partial charge >= 0.3 is 124 Å². The maximum Gasteiger partial charge on any atom is 2.00 e. The van der Waals surface area contributed by atoms with Crippen molar-refractivity contribution in [2.24, 2.45) is 0 Å². The van der Waals surface area contributed by atoms with E-state index in [-0.39, 0.29) is 144 Å². The normalized spacial score (nSPS) is 9.63. The molecule has 0 unspecified atom stereocenters. The zero-order valence-corrected chi connectivity index (χ0v) is 57.0. The molecule has 0 aromatic rings. The van der Waals surface area contributed by atoms with Gasteiger partial charge in [-0.05, 0) is 0 Å². The van der Waals surface area contributed by atoms with Gasteiger partial charge in [0, 0.05) is 19.6 Å². The number of ether oxygens (including phenoxy) is 2. The molecule has 1 N–H and O–H groups in total. The Balaban J connectivity index is -0.0000000826. The molecule has 0 saturated carbocycles. The van der Waals surface area contributed by atoms with Crippen molar-refractivity contribution in [2.45, 2.75) is 220 Å². The van der Waals surface area contributed by atoms with Gasteiger partial charge in [0.15, 0.2) is 0 Å². The Morgan fingerprint density at radius 1 is 0.433 bits per heavy atom. The predicted octanol–water partition coefficient (Wildman–Crippen LogP) is 14.0. The molecule has 0 aliphatic carbocycles. The summed E-state index contributed by atoms with van der Waals surface area (Å²) in [5, 5.41) is 8.80. The largest absolute Gasteiger partial charge is 2.00 e. The van der Waals surface area contributed by atoms with Gasteiger partial charge in [0.1, 0.15) is 0 Å². The first-order valence-corrected chi connectivity index (χ1v) is 23.5. The molecule has 350 valence electrons. The molecule has 0 bridgehead atoms.